The van der Waals surface area contributed by atoms with Gasteiger partial charge in [-0.1, -0.05) is 0 Å². The van der Waals surface area contributed by atoms with Gasteiger partial charge in [-0.25, -0.2) is 9.97 Å². The quantitative estimate of drug-likeness (QED) is 0.514. The molecule has 0 radical (unpaired) electrons. The lowest BCUT2D eigenvalue weighted by Gasteiger charge is -2.32. The van der Waals surface area contributed by atoms with Crippen molar-refractivity contribution in [3.8, 4) is 0 Å². The Morgan fingerprint density at radius 3 is 2.83 bits per heavy atom. The maximum atomic E-state index is 13.2. The number of piperidine rings is 1. The van der Waals surface area contributed by atoms with Gasteiger partial charge in [-0.2, -0.15) is 13.2 Å². The van der Waals surface area contributed by atoms with Gasteiger partial charge in [0.15, 0.2) is 11.5 Å². The number of halogens is 3. The minimum atomic E-state index is -4.60. The van der Waals surface area contributed by atoms with E-state index in [2.05, 4.69) is 15.0 Å². The molecular formula is C19H25F3N6O2. The molecule has 0 saturated carbocycles. The minimum Gasteiger partial charge on any atom is -0.491 e. The second-order valence-electron chi connectivity index (χ2n) is 6.71. The van der Waals surface area contributed by atoms with Crippen LogP contribution in [0.2, 0.25) is 0 Å². The molecule has 1 unspecified atom stereocenters. The second kappa shape index (κ2) is 10.2. The van der Waals surface area contributed by atoms with Crippen molar-refractivity contribution in [2.24, 2.45) is 10.9 Å². The molecule has 0 bridgehead atoms. The minimum absolute atomic E-state index is 0.0123. The molecule has 11 heteroatoms. The van der Waals surface area contributed by atoms with E-state index in [-0.39, 0.29) is 47.9 Å². The van der Waals surface area contributed by atoms with Gasteiger partial charge in [-0.3, -0.25) is 9.79 Å². The third-order valence-electron chi connectivity index (χ3n) is 4.55. The first kappa shape index (κ1) is 23.3. The van der Waals surface area contributed by atoms with Crippen molar-refractivity contribution in [2.45, 2.75) is 32.9 Å². The molecular weight excluding hydrogens is 401 g/mol. The van der Waals surface area contributed by atoms with Crippen LogP contribution in [0, 0.1) is 11.3 Å². The van der Waals surface area contributed by atoms with Crippen LogP contribution >= 0.6 is 0 Å². The Kier molecular flexibility index (Phi) is 7.90. The molecule has 1 fully saturated rings. The lowest BCUT2D eigenvalue weighted by molar-refractivity contribution is -0.0612. The molecule has 1 aromatic heterocycles. The number of hydrogen-bond acceptors (Lipinski definition) is 7. The Labute approximate surface area is 172 Å². The number of carbonyl (C=O) groups excluding carboxylic acids is 1. The number of ether oxygens (including phenoxy) is 1. The fourth-order valence-corrected chi connectivity index (χ4v) is 3.13. The number of nitrogens with one attached hydrogen (secondary N) is 1. The van der Waals surface area contributed by atoms with E-state index in [1.807, 2.05) is 0 Å². The number of rotatable bonds is 7. The summed E-state index contributed by atoms with van der Waals surface area (Å²) in [5, 5.41) is 7.28. The van der Waals surface area contributed by atoms with E-state index in [4.69, 9.17) is 15.9 Å². The van der Waals surface area contributed by atoms with E-state index < -0.39 is 11.9 Å². The molecule has 1 amide bonds. The average Bonchev–Trinajstić information content (AvgIpc) is 2.72. The van der Waals surface area contributed by atoms with Crippen LogP contribution in [-0.4, -0.2) is 65.1 Å². The number of nitrogens with zero attached hydrogens (tertiary/aromatic N) is 4. The molecule has 164 valence electrons. The first-order chi connectivity index (χ1) is 14.2. The van der Waals surface area contributed by atoms with Crippen molar-refractivity contribution in [2.75, 3.05) is 32.0 Å². The number of likely N-dealkylation sites (tertiary alicyclic amines) is 1. The Bertz CT molecular complexity index is 838. The smallest absolute Gasteiger partial charge is 0.436 e. The molecule has 2 heterocycles. The number of carbonyl (C=O) groups is 1. The topological polar surface area (TPSA) is 118 Å². The van der Waals surface area contributed by atoms with Gasteiger partial charge in [0.05, 0.1) is 12.8 Å². The molecule has 0 aliphatic carbocycles. The summed E-state index contributed by atoms with van der Waals surface area (Å²) in [6.45, 7) is 3.80. The van der Waals surface area contributed by atoms with Crippen LogP contribution < -0.4 is 5.73 Å². The van der Waals surface area contributed by atoms with Crippen molar-refractivity contribution in [3.05, 3.63) is 29.4 Å². The number of anilines is 1. The highest BCUT2D eigenvalue weighted by Crippen LogP contribution is 2.25. The average molecular weight is 426 g/mol. The zero-order valence-corrected chi connectivity index (χ0v) is 16.9. The molecule has 1 aromatic rings. The summed E-state index contributed by atoms with van der Waals surface area (Å²) in [7, 11) is 0. The molecule has 0 spiro atoms. The van der Waals surface area contributed by atoms with E-state index in [0.717, 1.165) is 6.21 Å². The van der Waals surface area contributed by atoms with E-state index >= 15 is 0 Å². The Morgan fingerprint density at radius 1 is 1.50 bits per heavy atom. The van der Waals surface area contributed by atoms with Crippen molar-refractivity contribution in [1.82, 2.24) is 14.9 Å². The molecule has 0 aromatic carbocycles. The van der Waals surface area contributed by atoms with Gasteiger partial charge in [-0.15, -0.1) is 0 Å². The number of alkyl halides is 3. The summed E-state index contributed by atoms with van der Waals surface area (Å²) in [6.07, 6.45) is 0.204. The summed E-state index contributed by atoms with van der Waals surface area (Å²) in [4.78, 5) is 25.7. The van der Waals surface area contributed by atoms with Gasteiger partial charge in [-0.05, 0) is 32.8 Å². The fraction of sp³-hybridized carbons (Fsp3) is 0.526. The largest absolute Gasteiger partial charge is 0.491 e. The fourth-order valence-electron chi connectivity index (χ4n) is 3.13. The summed E-state index contributed by atoms with van der Waals surface area (Å²) in [5.41, 5.74) is 4.73. The Hall–Kier alpha value is -2.98. The third kappa shape index (κ3) is 5.77. The van der Waals surface area contributed by atoms with Crippen LogP contribution in [0.3, 0.4) is 0 Å². The van der Waals surface area contributed by atoms with Gasteiger partial charge in [0.1, 0.15) is 17.1 Å². The predicted molar refractivity (Wildman–Crippen MR) is 107 cm³/mol. The molecule has 1 saturated heterocycles. The lowest BCUT2D eigenvalue weighted by Crippen LogP contribution is -2.42. The normalized spacial score (nSPS) is 18.3. The van der Waals surface area contributed by atoms with Crippen LogP contribution in [0.5, 0.6) is 0 Å². The third-order valence-corrected chi connectivity index (χ3v) is 4.55. The Balaban J connectivity index is 2.05. The van der Waals surface area contributed by atoms with Crippen molar-refractivity contribution < 1.29 is 22.7 Å². The zero-order valence-electron chi connectivity index (χ0n) is 16.9. The van der Waals surface area contributed by atoms with Gasteiger partial charge in [0.25, 0.3) is 5.91 Å². The molecule has 2 rings (SSSR count). The maximum absolute atomic E-state index is 13.2. The number of hydrogen-bond donors (Lipinski definition) is 2. The standard InChI is InChI=1S/C19H25F3N6O2/c1-3-15(16(25-4-2)19(20,21)22)30-11-12-6-5-7-28(10-12)18(29)14-9-26-17(24)13(8-23)27-14/h3,8-9,12,23H,4-7,10-11H2,1-2H3,(H2,24,26)/b15-3+,23-8?,25-16?. The van der Waals surface area contributed by atoms with Crippen LogP contribution in [0.4, 0.5) is 19.0 Å². The van der Waals surface area contributed by atoms with E-state index in [9.17, 15) is 18.0 Å². The predicted octanol–water partition coefficient (Wildman–Crippen LogP) is 2.85. The molecule has 1 aliphatic heterocycles. The number of nitrogens with two attached hydrogens (primary N) is 1. The molecule has 3 N–H and O–H groups in total. The number of aromatic nitrogens is 2. The first-order valence-corrected chi connectivity index (χ1v) is 9.54. The van der Waals surface area contributed by atoms with Crippen molar-refractivity contribution >= 4 is 23.7 Å². The van der Waals surface area contributed by atoms with E-state index in [0.29, 0.717) is 25.9 Å². The monoisotopic (exact) mass is 426 g/mol. The van der Waals surface area contributed by atoms with Gasteiger partial charge < -0.3 is 20.8 Å². The molecule has 1 atom stereocenters. The van der Waals surface area contributed by atoms with E-state index in [1.165, 1.54) is 26.1 Å². The number of amides is 1. The number of nitrogen functional groups attached to an aromatic ring is 1. The van der Waals surface area contributed by atoms with Crippen molar-refractivity contribution in [1.29, 1.82) is 5.41 Å². The van der Waals surface area contributed by atoms with Crippen LogP contribution in [-0.2, 0) is 4.74 Å². The number of aliphatic imine (C=N–C) groups is 1. The Morgan fingerprint density at radius 2 is 2.23 bits per heavy atom. The lowest BCUT2D eigenvalue weighted by atomic mass is 9.98. The molecule has 30 heavy (non-hydrogen) atoms. The summed E-state index contributed by atoms with van der Waals surface area (Å²) >= 11 is 0. The van der Waals surface area contributed by atoms with Crippen molar-refractivity contribution in [3.63, 3.8) is 0 Å². The van der Waals surface area contributed by atoms with Gasteiger partial charge in [0.2, 0.25) is 0 Å². The van der Waals surface area contributed by atoms with Gasteiger partial charge >= 0.3 is 6.18 Å². The van der Waals surface area contributed by atoms with Crippen LogP contribution in [0.25, 0.3) is 0 Å². The highest BCUT2D eigenvalue weighted by Gasteiger charge is 2.39. The highest BCUT2D eigenvalue weighted by molar-refractivity contribution is 6.02. The van der Waals surface area contributed by atoms with Crippen LogP contribution in [0.1, 0.15) is 42.9 Å². The summed E-state index contributed by atoms with van der Waals surface area (Å²) in [6, 6.07) is 0. The number of allylic oxidation sites excluding steroid dienone is 2. The molecule has 8 nitrogen and oxygen atoms in total. The second-order valence-corrected chi connectivity index (χ2v) is 6.71. The van der Waals surface area contributed by atoms with E-state index in [1.54, 1.807) is 4.90 Å². The summed E-state index contributed by atoms with van der Waals surface area (Å²) in [5.74, 6) is -0.768. The highest BCUT2D eigenvalue weighted by atomic mass is 19.4. The zero-order chi connectivity index (χ0) is 22.3. The maximum Gasteiger partial charge on any atom is 0.436 e. The van der Waals surface area contributed by atoms with Gasteiger partial charge in [0, 0.05) is 31.8 Å². The first-order valence-electron chi connectivity index (χ1n) is 9.54. The molecule has 1 aliphatic rings. The summed E-state index contributed by atoms with van der Waals surface area (Å²) < 4.78 is 45.1. The van der Waals surface area contributed by atoms with Crippen LogP contribution in [0.15, 0.2) is 23.0 Å². The SMILES string of the molecule is C/C=C(/OCC1CCCN(C(=O)c2cnc(N)c(C=N)n2)C1)C(=NCC)C(F)(F)F.